The van der Waals surface area contributed by atoms with Gasteiger partial charge in [0.2, 0.25) is 11.8 Å². The lowest BCUT2D eigenvalue weighted by molar-refractivity contribution is -0.139. The first-order valence-electron chi connectivity index (χ1n) is 21.1. The van der Waals surface area contributed by atoms with E-state index >= 15 is 0 Å². The molecule has 4 aromatic rings. The molecular formula is C45H58N8O7. The Morgan fingerprint density at radius 2 is 1.42 bits per heavy atom. The number of ether oxygens (including phenoxy) is 3. The largest absolute Gasteiger partial charge is 0.453 e. The first-order chi connectivity index (χ1) is 28.8. The number of fused-ring (bicyclic) bond motifs is 5. The number of aromatic amines is 2. The summed E-state index contributed by atoms with van der Waals surface area (Å²) in [5, 5.41) is 5.46. The van der Waals surface area contributed by atoms with E-state index in [1.165, 1.54) is 14.2 Å². The third-order valence-corrected chi connectivity index (χ3v) is 12.3. The lowest BCUT2D eigenvalue weighted by atomic mass is 9.93. The van der Waals surface area contributed by atoms with Crippen LogP contribution < -0.4 is 10.6 Å². The van der Waals surface area contributed by atoms with E-state index in [2.05, 4.69) is 57.0 Å². The molecule has 6 atom stereocenters. The van der Waals surface area contributed by atoms with Crippen molar-refractivity contribution in [2.45, 2.75) is 111 Å². The second-order valence-electron chi connectivity index (χ2n) is 16.9. The fourth-order valence-electron chi connectivity index (χ4n) is 9.17. The average molecular weight is 823 g/mol. The van der Waals surface area contributed by atoms with Gasteiger partial charge < -0.3 is 44.6 Å². The van der Waals surface area contributed by atoms with Crippen LogP contribution in [0, 0.1) is 17.8 Å². The lowest BCUT2D eigenvalue weighted by Crippen LogP contribution is -2.54. The molecule has 15 nitrogen and oxygen atoms in total. The zero-order chi connectivity index (χ0) is 42.8. The molecule has 3 aliphatic rings. The summed E-state index contributed by atoms with van der Waals surface area (Å²) >= 11 is 0. The molecule has 7 rings (SSSR count). The van der Waals surface area contributed by atoms with E-state index in [0.29, 0.717) is 31.5 Å². The summed E-state index contributed by atoms with van der Waals surface area (Å²) in [7, 11) is 2.59. The van der Waals surface area contributed by atoms with E-state index in [0.717, 1.165) is 76.3 Å². The zero-order valence-corrected chi connectivity index (χ0v) is 35.8. The Bertz CT molecular complexity index is 2210. The Labute approximate surface area is 351 Å². The maximum atomic E-state index is 14.0. The van der Waals surface area contributed by atoms with E-state index in [9.17, 15) is 19.2 Å². The summed E-state index contributed by atoms with van der Waals surface area (Å²) < 4.78 is 15.9. The standard InChI is InChI=1S/C45H58N8O7/c1-9-16-52(42(54)37(24(2)3)50-44(56)58-7)26(6)40-46-20-35(48-40)27-11-14-33-30(17-27)22-60-23-31-18-28(12-15-34(31)33)36-21-47-41(49-36)39-29-10-13-32(19-29)53(39)43(55)38(25(4)5)51-45(57)59-8/h11-12,14-15,17-18,20-21,24-26,29,32,37-39H,9-10,13,16,19,22-23H2,1-8H3,(H,46,48)(H,47,49)(H,50,56)(H,51,57)/t26-,29-,32+,37-,38-,39-/m0/s1. The van der Waals surface area contributed by atoms with Crippen LogP contribution in [0.2, 0.25) is 0 Å². The molecule has 320 valence electrons. The summed E-state index contributed by atoms with van der Waals surface area (Å²) in [6.45, 7) is 12.9. The van der Waals surface area contributed by atoms with Crippen LogP contribution >= 0.6 is 0 Å². The van der Waals surface area contributed by atoms with Crippen LogP contribution in [0.15, 0.2) is 48.8 Å². The molecule has 0 unspecified atom stereocenters. The van der Waals surface area contributed by atoms with Crippen molar-refractivity contribution in [3.63, 3.8) is 0 Å². The molecule has 2 aromatic heterocycles. The SMILES string of the molecule is CCCN(C(=O)[C@@H](NC(=O)OC)C(C)C)[C@@H](C)c1ncc(-c2ccc3c(c2)COCc2cc(-c4cnc([C@@H]5[C@H]6CC[C@H](C6)N5C(=O)[C@@H](NC(=O)OC)C(C)C)[nH]4)ccc2-3)[nH]1. The van der Waals surface area contributed by atoms with Gasteiger partial charge in [-0.2, -0.15) is 0 Å². The van der Waals surface area contributed by atoms with Crippen molar-refractivity contribution in [3.8, 4) is 33.6 Å². The number of methoxy groups -OCH3 is 2. The molecule has 1 saturated carbocycles. The van der Waals surface area contributed by atoms with Gasteiger partial charge in [-0.3, -0.25) is 9.59 Å². The molecule has 60 heavy (non-hydrogen) atoms. The van der Waals surface area contributed by atoms with Gasteiger partial charge in [-0.1, -0.05) is 58.9 Å². The molecule has 2 aliphatic heterocycles. The maximum absolute atomic E-state index is 14.0. The number of carbonyl (C=O) groups is 4. The molecular weight excluding hydrogens is 765 g/mol. The molecule has 15 heteroatoms. The highest BCUT2D eigenvalue weighted by Crippen LogP contribution is 2.50. The summed E-state index contributed by atoms with van der Waals surface area (Å²) in [5.74, 6) is 1.15. The molecule has 2 aromatic carbocycles. The summed E-state index contributed by atoms with van der Waals surface area (Å²) in [4.78, 5) is 72.3. The van der Waals surface area contributed by atoms with E-state index in [4.69, 9.17) is 24.2 Å². The van der Waals surface area contributed by atoms with Gasteiger partial charge in [0, 0.05) is 12.6 Å². The maximum Gasteiger partial charge on any atom is 0.407 e. The Morgan fingerprint density at radius 3 is 2.00 bits per heavy atom. The number of aromatic nitrogens is 4. The number of imidazole rings is 2. The minimum Gasteiger partial charge on any atom is -0.453 e. The van der Waals surface area contributed by atoms with Gasteiger partial charge in [-0.05, 0) is 95.9 Å². The van der Waals surface area contributed by atoms with E-state index in [1.54, 1.807) is 11.1 Å². The monoisotopic (exact) mass is 822 g/mol. The minimum absolute atomic E-state index is 0.103. The number of nitrogens with zero attached hydrogens (tertiary/aromatic N) is 4. The van der Waals surface area contributed by atoms with Crippen LogP contribution in [-0.2, 0) is 37.0 Å². The zero-order valence-electron chi connectivity index (χ0n) is 35.8. The van der Waals surface area contributed by atoms with Crippen molar-refractivity contribution in [1.82, 2.24) is 40.4 Å². The highest BCUT2D eigenvalue weighted by molar-refractivity contribution is 5.87. The predicted octanol–water partition coefficient (Wildman–Crippen LogP) is 7.28. The molecule has 1 saturated heterocycles. The molecule has 0 radical (unpaired) electrons. The normalized spacial score (nSPS) is 19.6. The van der Waals surface area contributed by atoms with Crippen LogP contribution in [0.4, 0.5) is 9.59 Å². The van der Waals surface area contributed by atoms with Crippen molar-refractivity contribution in [2.24, 2.45) is 17.8 Å². The number of hydrogen-bond acceptors (Lipinski definition) is 9. The van der Waals surface area contributed by atoms with Crippen LogP contribution in [0.25, 0.3) is 33.6 Å². The number of rotatable bonds is 13. The number of piperidine rings is 1. The smallest absolute Gasteiger partial charge is 0.407 e. The predicted molar refractivity (Wildman–Crippen MR) is 225 cm³/mol. The average Bonchev–Trinajstić information content (AvgIpc) is 4.07. The van der Waals surface area contributed by atoms with Crippen molar-refractivity contribution >= 4 is 24.0 Å². The molecule has 4 amide bonds. The van der Waals surface area contributed by atoms with Gasteiger partial charge in [0.1, 0.15) is 23.7 Å². The van der Waals surface area contributed by atoms with Gasteiger partial charge in [-0.25, -0.2) is 19.6 Å². The van der Waals surface area contributed by atoms with Crippen LogP contribution in [-0.4, -0.2) is 92.6 Å². The fraction of sp³-hybridized carbons (Fsp3) is 0.511. The molecule has 4 N–H and O–H groups in total. The fourth-order valence-corrected chi connectivity index (χ4v) is 9.17. The molecule has 4 heterocycles. The number of carbonyl (C=O) groups excluding carboxylic acids is 4. The highest BCUT2D eigenvalue weighted by atomic mass is 16.5. The number of hydrogen-bond donors (Lipinski definition) is 4. The second-order valence-corrected chi connectivity index (χ2v) is 16.9. The third-order valence-electron chi connectivity index (χ3n) is 12.3. The van der Waals surface area contributed by atoms with E-state index < -0.39 is 24.3 Å². The number of benzene rings is 2. The molecule has 1 aliphatic carbocycles. The Kier molecular flexibility index (Phi) is 12.6. The summed E-state index contributed by atoms with van der Waals surface area (Å²) in [6.07, 6.45) is 6.00. The Morgan fingerprint density at radius 1 is 0.833 bits per heavy atom. The first kappa shape index (κ1) is 42.4. The number of H-pyrrole nitrogens is 2. The van der Waals surface area contributed by atoms with Gasteiger partial charge in [0.25, 0.3) is 0 Å². The van der Waals surface area contributed by atoms with Gasteiger partial charge in [0.05, 0.1) is 63.3 Å². The second kappa shape index (κ2) is 17.9. The quantitative estimate of drug-likeness (QED) is 0.108. The highest BCUT2D eigenvalue weighted by Gasteiger charge is 2.51. The molecule has 2 fully saturated rings. The van der Waals surface area contributed by atoms with Crippen molar-refractivity contribution < 1.29 is 33.4 Å². The molecule has 0 spiro atoms. The number of nitrogens with one attached hydrogen (secondary N) is 4. The van der Waals surface area contributed by atoms with Gasteiger partial charge in [-0.15, -0.1) is 0 Å². The topological polar surface area (TPSA) is 184 Å². The Hall–Kier alpha value is -5.70. The van der Waals surface area contributed by atoms with E-state index in [-0.39, 0.29) is 41.8 Å². The van der Waals surface area contributed by atoms with Crippen LogP contribution in [0.3, 0.4) is 0 Å². The first-order valence-corrected chi connectivity index (χ1v) is 21.1. The van der Waals surface area contributed by atoms with Crippen molar-refractivity contribution in [3.05, 3.63) is 71.6 Å². The van der Waals surface area contributed by atoms with Crippen LogP contribution in [0.5, 0.6) is 0 Å². The number of likely N-dealkylation sites (tertiary alicyclic amines) is 1. The summed E-state index contributed by atoms with van der Waals surface area (Å²) in [5.41, 5.74) is 7.88. The third kappa shape index (κ3) is 8.36. The number of alkyl carbamates (subject to hydrolysis) is 2. The van der Waals surface area contributed by atoms with Gasteiger partial charge >= 0.3 is 12.2 Å². The molecule has 2 bridgehead atoms. The lowest BCUT2D eigenvalue weighted by Gasteiger charge is -2.37. The van der Waals surface area contributed by atoms with Crippen LogP contribution in [0.1, 0.15) is 102 Å². The van der Waals surface area contributed by atoms with Gasteiger partial charge in [0.15, 0.2) is 0 Å². The van der Waals surface area contributed by atoms with Crippen molar-refractivity contribution in [1.29, 1.82) is 0 Å². The minimum atomic E-state index is -0.738. The Balaban J connectivity index is 1.09. The van der Waals surface area contributed by atoms with E-state index in [1.807, 2.05) is 52.6 Å². The summed E-state index contributed by atoms with van der Waals surface area (Å²) in [6, 6.07) is 10.8. The number of amides is 4. The van der Waals surface area contributed by atoms with Crippen molar-refractivity contribution in [2.75, 3.05) is 20.8 Å².